The van der Waals surface area contributed by atoms with Crippen molar-refractivity contribution in [2.45, 2.75) is 25.3 Å². The molecule has 1 aliphatic heterocycles. The number of allylic oxidation sites excluding steroid dienone is 2. The third-order valence-electron chi connectivity index (χ3n) is 5.20. The molecule has 1 heterocycles. The van der Waals surface area contributed by atoms with E-state index >= 15 is 0 Å². The van der Waals surface area contributed by atoms with Gasteiger partial charge >= 0.3 is 5.97 Å². The molecule has 2 aliphatic rings. The minimum absolute atomic E-state index is 0.0684. The molecule has 3 atom stereocenters. The van der Waals surface area contributed by atoms with Crippen molar-refractivity contribution < 1.29 is 18.7 Å². The normalized spacial score (nSPS) is 23.7. The highest BCUT2D eigenvalue weighted by atomic mass is 19.2. The predicted molar refractivity (Wildman–Crippen MR) is 90.8 cm³/mol. The smallest absolute Gasteiger partial charge is 0.338 e. The number of hydrogen-bond donors (Lipinski definition) is 2. The van der Waals surface area contributed by atoms with Crippen LogP contribution in [0.15, 0.2) is 42.5 Å². The molecule has 2 aromatic carbocycles. The fourth-order valence-electron chi connectivity index (χ4n) is 3.99. The van der Waals surface area contributed by atoms with E-state index in [-0.39, 0.29) is 17.4 Å². The SMILES string of the molecule is Cc1ccc2c(c1)[C@@H]1C=CC[C@@H]1[C@H](c1ccc(C(=O)O)c(F)c1F)N2. The van der Waals surface area contributed by atoms with Crippen molar-refractivity contribution in [3.8, 4) is 0 Å². The summed E-state index contributed by atoms with van der Waals surface area (Å²) in [4.78, 5) is 11.0. The van der Waals surface area contributed by atoms with Crippen LogP contribution in [-0.2, 0) is 0 Å². The van der Waals surface area contributed by atoms with E-state index in [0.29, 0.717) is 0 Å². The third kappa shape index (κ3) is 2.42. The summed E-state index contributed by atoms with van der Waals surface area (Å²) in [6.07, 6.45) is 4.95. The molecule has 0 saturated heterocycles. The molecule has 0 unspecified atom stereocenters. The Morgan fingerprint density at radius 3 is 2.72 bits per heavy atom. The lowest BCUT2D eigenvalue weighted by molar-refractivity contribution is 0.0690. The molecule has 0 spiro atoms. The molecule has 1 aliphatic carbocycles. The second-order valence-corrected chi connectivity index (χ2v) is 6.70. The third-order valence-corrected chi connectivity index (χ3v) is 5.20. The van der Waals surface area contributed by atoms with Gasteiger partial charge in [-0.25, -0.2) is 13.6 Å². The lowest BCUT2D eigenvalue weighted by Crippen LogP contribution is -2.30. The Labute approximate surface area is 144 Å². The van der Waals surface area contributed by atoms with Crippen LogP contribution < -0.4 is 5.32 Å². The molecule has 0 amide bonds. The maximum atomic E-state index is 14.6. The van der Waals surface area contributed by atoms with Crippen molar-refractivity contribution in [3.05, 3.63) is 76.4 Å². The number of nitrogens with one attached hydrogen (secondary N) is 1. The minimum atomic E-state index is -1.47. The van der Waals surface area contributed by atoms with Gasteiger partial charge in [-0.2, -0.15) is 0 Å². The first-order valence-electron chi connectivity index (χ1n) is 8.22. The lowest BCUT2D eigenvalue weighted by Gasteiger charge is -2.37. The molecule has 0 aromatic heterocycles. The van der Waals surface area contributed by atoms with Gasteiger partial charge in [0.1, 0.15) is 0 Å². The van der Waals surface area contributed by atoms with E-state index in [1.54, 1.807) is 0 Å². The highest BCUT2D eigenvalue weighted by molar-refractivity contribution is 5.88. The fourth-order valence-corrected chi connectivity index (χ4v) is 3.99. The Hall–Kier alpha value is -2.69. The molecule has 0 radical (unpaired) electrons. The number of anilines is 1. The maximum Gasteiger partial charge on any atom is 0.338 e. The van der Waals surface area contributed by atoms with E-state index in [1.165, 1.54) is 6.07 Å². The summed E-state index contributed by atoms with van der Waals surface area (Å²) in [5.41, 5.74) is 2.76. The molecular weight excluding hydrogens is 324 g/mol. The van der Waals surface area contributed by atoms with Crippen LogP contribution in [0.1, 0.15) is 45.4 Å². The van der Waals surface area contributed by atoms with Crippen molar-refractivity contribution in [3.63, 3.8) is 0 Å². The highest BCUT2D eigenvalue weighted by Crippen LogP contribution is 2.50. The largest absolute Gasteiger partial charge is 0.478 e. The van der Waals surface area contributed by atoms with Crippen molar-refractivity contribution in [1.29, 1.82) is 0 Å². The quantitative estimate of drug-likeness (QED) is 0.772. The van der Waals surface area contributed by atoms with Crippen LogP contribution in [0, 0.1) is 24.5 Å². The zero-order chi connectivity index (χ0) is 17.7. The number of carboxylic acids is 1. The summed E-state index contributed by atoms with van der Waals surface area (Å²) in [5, 5.41) is 12.3. The monoisotopic (exact) mass is 341 g/mol. The summed E-state index contributed by atoms with van der Waals surface area (Å²) in [5.74, 6) is -3.65. The van der Waals surface area contributed by atoms with Crippen LogP contribution in [0.5, 0.6) is 0 Å². The van der Waals surface area contributed by atoms with E-state index in [1.807, 2.05) is 19.1 Å². The van der Waals surface area contributed by atoms with Crippen LogP contribution in [0.3, 0.4) is 0 Å². The molecule has 2 N–H and O–H groups in total. The summed E-state index contributed by atoms with van der Waals surface area (Å²) in [6.45, 7) is 2.03. The first-order chi connectivity index (χ1) is 12.0. The lowest BCUT2D eigenvalue weighted by atomic mass is 9.76. The molecule has 0 bridgehead atoms. The summed E-state index contributed by atoms with van der Waals surface area (Å²) < 4.78 is 28.8. The number of hydrogen-bond acceptors (Lipinski definition) is 2. The van der Waals surface area contributed by atoms with Crippen LogP contribution in [0.25, 0.3) is 0 Å². The van der Waals surface area contributed by atoms with Crippen LogP contribution in [0.2, 0.25) is 0 Å². The van der Waals surface area contributed by atoms with Gasteiger partial charge in [0.15, 0.2) is 11.6 Å². The van der Waals surface area contributed by atoms with Gasteiger partial charge in [0, 0.05) is 17.2 Å². The molecule has 0 fully saturated rings. The van der Waals surface area contributed by atoms with Crippen LogP contribution in [-0.4, -0.2) is 11.1 Å². The highest BCUT2D eigenvalue weighted by Gasteiger charge is 2.39. The molecular formula is C20H17F2NO2. The number of carbonyl (C=O) groups is 1. The number of aromatic carboxylic acids is 1. The number of aryl methyl sites for hydroxylation is 1. The first-order valence-corrected chi connectivity index (χ1v) is 8.22. The summed E-state index contributed by atoms with van der Waals surface area (Å²) in [7, 11) is 0. The van der Waals surface area contributed by atoms with Gasteiger partial charge in [-0.05, 0) is 37.0 Å². The molecule has 5 heteroatoms. The average Bonchev–Trinajstić information content (AvgIpc) is 3.06. The second kappa shape index (κ2) is 5.69. The van der Waals surface area contributed by atoms with Crippen molar-refractivity contribution in [1.82, 2.24) is 0 Å². The zero-order valence-electron chi connectivity index (χ0n) is 13.6. The van der Waals surface area contributed by atoms with E-state index in [9.17, 15) is 13.6 Å². The first kappa shape index (κ1) is 15.8. The van der Waals surface area contributed by atoms with Gasteiger partial charge in [-0.3, -0.25) is 0 Å². The van der Waals surface area contributed by atoms with Crippen LogP contribution >= 0.6 is 0 Å². The van der Waals surface area contributed by atoms with E-state index in [2.05, 4.69) is 23.5 Å². The summed E-state index contributed by atoms with van der Waals surface area (Å²) >= 11 is 0. The average molecular weight is 341 g/mol. The van der Waals surface area contributed by atoms with E-state index in [0.717, 1.165) is 29.3 Å². The van der Waals surface area contributed by atoms with Gasteiger partial charge < -0.3 is 10.4 Å². The Bertz CT molecular complexity index is 907. The summed E-state index contributed by atoms with van der Waals surface area (Å²) in [6, 6.07) is 8.17. The predicted octanol–water partition coefficient (Wildman–Crippen LogP) is 4.80. The van der Waals surface area contributed by atoms with Gasteiger partial charge in [-0.15, -0.1) is 0 Å². The zero-order valence-corrected chi connectivity index (χ0v) is 13.6. The van der Waals surface area contributed by atoms with Gasteiger partial charge in [0.2, 0.25) is 0 Å². The van der Waals surface area contributed by atoms with E-state index < -0.39 is 29.2 Å². The number of rotatable bonds is 2. The number of fused-ring (bicyclic) bond motifs is 3. The van der Waals surface area contributed by atoms with E-state index in [4.69, 9.17) is 5.11 Å². The van der Waals surface area contributed by atoms with Crippen molar-refractivity contribution in [2.75, 3.05) is 5.32 Å². The minimum Gasteiger partial charge on any atom is -0.478 e. The van der Waals surface area contributed by atoms with Crippen LogP contribution in [0.4, 0.5) is 14.5 Å². The molecule has 3 nitrogen and oxygen atoms in total. The molecule has 25 heavy (non-hydrogen) atoms. The Morgan fingerprint density at radius 1 is 1.16 bits per heavy atom. The number of halogens is 2. The number of carboxylic acid groups (broad SMARTS) is 1. The van der Waals surface area contributed by atoms with Gasteiger partial charge in [0.05, 0.1) is 11.6 Å². The molecule has 0 saturated carbocycles. The Balaban J connectivity index is 1.81. The van der Waals surface area contributed by atoms with Gasteiger partial charge in [-0.1, -0.05) is 35.9 Å². The molecule has 2 aromatic rings. The maximum absolute atomic E-state index is 14.6. The van der Waals surface area contributed by atoms with Crippen molar-refractivity contribution in [2.24, 2.45) is 5.92 Å². The second-order valence-electron chi connectivity index (χ2n) is 6.70. The van der Waals surface area contributed by atoms with Crippen molar-refractivity contribution >= 4 is 11.7 Å². The Morgan fingerprint density at radius 2 is 1.96 bits per heavy atom. The topological polar surface area (TPSA) is 49.3 Å². The molecule has 4 rings (SSSR count). The Kier molecular flexibility index (Phi) is 3.60. The fraction of sp³-hybridized carbons (Fsp3) is 0.250. The van der Waals surface area contributed by atoms with Gasteiger partial charge in [0.25, 0.3) is 0 Å². The standard InChI is InChI=1S/C20H17F2NO2/c1-10-5-8-16-15(9-10)11-3-2-4-12(11)19(23-16)13-6-7-14(20(24)25)18(22)17(13)21/h2-3,5-9,11-12,19,23H,4H2,1H3,(H,24,25)/t11-,12+,19-/m1/s1. The number of benzene rings is 2. The molecule has 128 valence electrons.